The van der Waals surface area contributed by atoms with E-state index >= 15 is 0 Å². The van der Waals surface area contributed by atoms with Crippen LogP contribution in [0.15, 0.2) is 273 Å². The van der Waals surface area contributed by atoms with Crippen LogP contribution in [0.5, 0.6) is 0 Å². The van der Waals surface area contributed by atoms with Crippen LogP contribution in [0.1, 0.15) is 22.8 Å². The highest BCUT2D eigenvalue weighted by atomic mass is 28.5. The third-order valence-corrected chi connectivity index (χ3v) is 26.2. The maximum Gasteiger partial charge on any atom is 0.582 e. The Morgan fingerprint density at radius 2 is 0.444 bits per heavy atom. The maximum atomic E-state index is 8.35. The molecule has 8 aromatic carbocycles. The zero-order valence-corrected chi connectivity index (χ0v) is 57.6. The van der Waals surface area contributed by atoms with E-state index in [1.54, 1.807) is 0 Å². The molecule has 6 bridgehead atoms. The van der Waals surface area contributed by atoms with Gasteiger partial charge in [-0.05, 0) is 39.3 Å². The number of aromatic nitrogens is 10. The average Bonchev–Trinajstić information content (AvgIpc) is 1.52. The van der Waals surface area contributed by atoms with E-state index in [1.165, 1.54) is 0 Å². The van der Waals surface area contributed by atoms with E-state index in [2.05, 4.69) is 39.3 Å². The van der Waals surface area contributed by atoms with Gasteiger partial charge in [0, 0.05) is 44.5 Å². The van der Waals surface area contributed by atoms with Crippen LogP contribution in [-0.4, -0.2) is 97.2 Å². The minimum atomic E-state index is -4.92. The molecule has 14 aromatic rings. The molecule has 0 spiro atoms. The molecule has 0 amide bonds. The molecule has 99 heavy (non-hydrogen) atoms. The lowest BCUT2D eigenvalue weighted by Crippen LogP contribution is -2.69. The summed E-state index contributed by atoms with van der Waals surface area (Å²) in [4.78, 5) is 80.8. The van der Waals surface area contributed by atoms with Crippen molar-refractivity contribution in [2.45, 2.75) is 39.3 Å². The molecule has 0 atom stereocenters. The molecular weight excluding hydrogens is 1280 g/mol. The molecule has 4 aliphatic heterocycles. The Hall–Kier alpha value is -12.0. The number of rotatable bonds is 12. The molecule has 0 fully saturated rings. The molecule has 18 rings (SSSR count). The normalized spacial score (nSPS) is 15.9. The average molecular weight is 1340 g/mol. The topological polar surface area (TPSA) is 206 Å². The van der Waals surface area contributed by atoms with Crippen molar-refractivity contribution in [2.75, 3.05) is 0 Å². The third-order valence-electron chi connectivity index (χ3n) is 17.2. The summed E-state index contributed by atoms with van der Waals surface area (Å²) in [6.07, 6.45) is 0. The van der Waals surface area contributed by atoms with Gasteiger partial charge >= 0.3 is 8.88 Å². The molecule has 18 nitrogen and oxygen atoms in total. The second kappa shape index (κ2) is 23.1. The summed E-state index contributed by atoms with van der Waals surface area (Å²) in [7, 11) is -11.0. The molecule has 4 aliphatic rings. The van der Waals surface area contributed by atoms with Crippen LogP contribution in [-0.2, 0) is 8.23 Å². The van der Waals surface area contributed by atoms with E-state index in [0.717, 1.165) is 44.5 Å². The zero-order chi connectivity index (χ0) is 66.7. The predicted molar refractivity (Wildman–Crippen MR) is 396 cm³/mol. The number of fused-ring (bicyclic) bond motifs is 14. The van der Waals surface area contributed by atoms with Crippen molar-refractivity contribution in [1.29, 1.82) is 0 Å². The van der Waals surface area contributed by atoms with Gasteiger partial charge < -0.3 is 8.23 Å². The summed E-state index contributed by atoms with van der Waals surface area (Å²) in [6, 6.07) is 80.6. The molecule has 21 heteroatoms. The predicted octanol–water partition coefficient (Wildman–Crippen LogP) is 15.6. The number of hydrogen-bond acceptors (Lipinski definition) is 16. The first-order valence-corrected chi connectivity index (χ1v) is 41.2. The van der Waals surface area contributed by atoms with Crippen LogP contribution in [0.3, 0.4) is 0 Å². The Balaban J connectivity index is 1.11. The summed E-state index contributed by atoms with van der Waals surface area (Å²) < 4.78 is 20.7. The minimum absolute atomic E-state index is 0.203. The molecule has 0 N–H and O–H groups in total. The lowest BCUT2D eigenvalue weighted by Gasteiger charge is -2.41. The van der Waals surface area contributed by atoms with Gasteiger partial charge in [0.2, 0.25) is 0 Å². The van der Waals surface area contributed by atoms with Gasteiger partial charge in [-0.1, -0.05) is 243 Å². The SMILES string of the molecule is C[Si](C)(C)O[Si]1(O[Si](C)(C)C)n2c3c4nc(-c5ccccc5)c(-c5ccccc5)nc4c2/N=C2N=C(/N=c4/c5nc(-c6ccccc6)c(-c6ccccc6)nc5/c(n41)=N/C1=NC(=N\3)/c3nc(-c4ccccc4)c(-c4ccccc4)nc31)c1nc(-c3ccccc3)c(-c3ccccc3)nc1\2. The monoisotopic (exact) mass is 1330 g/mol. The minimum Gasteiger partial charge on any atom is -0.404 e. The van der Waals surface area contributed by atoms with Gasteiger partial charge in [-0.25, -0.2) is 69.8 Å². The first-order chi connectivity index (χ1) is 48.3. The number of aliphatic imine (C=N–C) groups is 4. The zero-order valence-electron chi connectivity index (χ0n) is 54.6. The molecular formula is C78H58N16O2Si3. The first kappa shape index (κ1) is 59.5. The second-order valence-electron chi connectivity index (χ2n) is 26.3. The van der Waals surface area contributed by atoms with E-state index in [4.69, 9.17) is 78.1 Å². The van der Waals surface area contributed by atoms with Crippen molar-refractivity contribution >= 4 is 82.6 Å². The van der Waals surface area contributed by atoms with E-state index < -0.39 is 25.5 Å². The molecule has 0 saturated carbocycles. The lowest BCUT2D eigenvalue weighted by atomic mass is 10.0. The lowest BCUT2D eigenvalue weighted by molar-refractivity contribution is 0.340. The molecule has 0 radical (unpaired) electrons. The van der Waals surface area contributed by atoms with Gasteiger partial charge in [0.1, 0.15) is 44.8 Å². The van der Waals surface area contributed by atoms with Crippen LogP contribution >= 0.6 is 0 Å². The Morgan fingerprint density at radius 1 is 0.232 bits per heavy atom. The molecule has 474 valence electrons. The molecule has 6 aromatic heterocycles. The molecule has 0 aliphatic carbocycles. The maximum absolute atomic E-state index is 8.35. The Kier molecular flexibility index (Phi) is 13.9. The van der Waals surface area contributed by atoms with Crippen LogP contribution in [0.2, 0.25) is 39.3 Å². The first-order valence-electron chi connectivity index (χ1n) is 32.7. The molecule has 0 saturated heterocycles. The Bertz CT molecular complexity index is 5560. The fourth-order valence-corrected chi connectivity index (χ4v) is 23.4. The highest BCUT2D eigenvalue weighted by Gasteiger charge is 2.58. The van der Waals surface area contributed by atoms with Crippen molar-refractivity contribution < 1.29 is 8.23 Å². The third kappa shape index (κ3) is 10.2. The number of nitrogens with zero attached hydrogens (tertiary/aromatic N) is 16. The van der Waals surface area contributed by atoms with Crippen molar-refractivity contribution in [1.82, 2.24) is 48.3 Å². The van der Waals surface area contributed by atoms with Crippen molar-refractivity contribution in [3.8, 4) is 90.1 Å². The molecule has 10 heterocycles. The van der Waals surface area contributed by atoms with E-state index in [-0.39, 0.29) is 46.0 Å². The fraction of sp³-hybridized carbons (Fsp3) is 0.0769. The van der Waals surface area contributed by atoms with Crippen LogP contribution in [0.25, 0.3) is 112 Å². The van der Waals surface area contributed by atoms with Crippen LogP contribution in [0, 0.1) is 0 Å². The number of amidine groups is 4. The number of hydrogen-bond donors (Lipinski definition) is 0. The Labute approximate surface area is 571 Å². The largest absolute Gasteiger partial charge is 0.582 e. The van der Waals surface area contributed by atoms with Crippen LogP contribution < -0.4 is 11.0 Å². The standard InChI is InChI=1S/C78H58N16O2Si3/c1-97(2,3)95-99(96-98(4,5)6)93-75-67-68(84-60(52-41-25-12-26-42-52)59(83-67)51-39-23-11-24-40-51)77(93)91-73-65-66(82-58(50-37-21-10-22-38-50)57(81-65)49-35-19-9-20-36-49)74(88-73)92-78-70-69(85-61(53-43-27-13-28-44-53)62(86-70)54-45-29-14-30-46-54)76(94(78)99)90-72-64-63(71(87-72)89-75)79-55(47-31-15-7-16-32-47)56(80-64)48-33-17-8-18-34-48/h7-46H,1-6H3/b89-71-,89-75?,90-72?,90-76-,91-73-,91-77?,92-74?,92-78-. The van der Waals surface area contributed by atoms with Crippen molar-refractivity contribution in [3.05, 3.63) is 276 Å². The fourth-order valence-electron chi connectivity index (χ4n) is 13.2. The smallest absolute Gasteiger partial charge is 0.404 e. The van der Waals surface area contributed by atoms with Crippen molar-refractivity contribution in [2.24, 2.45) is 30.0 Å². The summed E-state index contributed by atoms with van der Waals surface area (Å²) in [5.41, 5.74) is 14.9. The van der Waals surface area contributed by atoms with Gasteiger partial charge in [0.15, 0.2) is 62.6 Å². The highest BCUT2D eigenvalue weighted by Crippen LogP contribution is 2.47. The quantitative estimate of drug-likeness (QED) is 0.106. The van der Waals surface area contributed by atoms with E-state index in [1.807, 2.05) is 251 Å². The van der Waals surface area contributed by atoms with Gasteiger partial charge in [-0.2, -0.15) is 0 Å². The summed E-state index contributed by atoms with van der Waals surface area (Å²) in [5.74, 6) is 1.35. The van der Waals surface area contributed by atoms with Gasteiger partial charge in [-0.15, -0.1) is 0 Å². The second-order valence-corrected chi connectivity index (χ2v) is 38.4. The van der Waals surface area contributed by atoms with E-state index in [0.29, 0.717) is 90.4 Å². The molecule has 0 unspecified atom stereocenters. The summed E-state index contributed by atoms with van der Waals surface area (Å²) in [5, 5.41) is 0. The highest BCUT2D eigenvalue weighted by molar-refractivity contribution is 6.87. The van der Waals surface area contributed by atoms with Gasteiger partial charge in [-0.3, -0.25) is 8.47 Å². The van der Waals surface area contributed by atoms with Gasteiger partial charge in [0.25, 0.3) is 0 Å². The van der Waals surface area contributed by atoms with Crippen LogP contribution in [0.4, 0.5) is 11.6 Å². The summed E-state index contributed by atoms with van der Waals surface area (Å²) in [6.45, 7) is 13.0. The van der Waals surface area contributed by atoms with Gasteiger partial charge in [0.05, 0.1) is 45.6 Å². The van der Waals surface area contributed by atoms with Crippen molar-refractivity contribution in [3.63, 3.8) is 0 Å². The Morgan fingerprint density at radius 3 is 0.677 bits per heavy atom. The number of benzene rings is 8. The summed E-state index contributed by atoms with van der Waals surface area (Å²) >= 11 is 0. The van der Waals surface area contributed by atoms with E-state index in [9.17, 15) is 0 Å².